The van der Waals surface area contributed by atoms with Crippen LogP contribution < -0.4 is 5.56 Å². The maximum atomic E-state index is 12.8. The maximum absolute atomic E-state index is 12.8. The second kappa shape index (κ2) is 4.44. The van der Waals surface area contributed by atoms with Crippen LogP contribution in [0.25, 0.3) is 11.3 Å². The molecule has 0 spiro atoms. The number of rotatable bonds is 2. The molecule has 2 N–H and O–H groups in total. The Bertz CT molecular complexity index is 659. The Morgan fingerprint density at radius 3 is 2.44 bits per heavy atom. The minimum atomic E-state index is -1.27. The number of H-pyrrole nitrogens is 1. The molecule has 2 rings (SSSR count). The van der Waals surface area contributed by atoms with E-state index in [2.05, 4.69) is 4.98 Å². The molecule has 0 radical (unpaired) electrons. The van der Waals surface area contributed by atoms with E-state index in [0.717, 1.165) is 0 Å². The molecule has 0 bridgehead atoms. The van der Waals surface area contributed by atoms with Crippen molar-refractivity contribution < 1.29 is 14.3 Å². The summed E-state index contributed by atoms with van der Waals surface area (Å²) in [5.74, 6) is -1.65. The number of nitrogens with one attached hydrogen (secondary N) is 1. The third-order valence-electron chi connectivity index (χ3n) is 2.60. The zero-order valence-electron chi connectivity index (χ0n) is 9.53. The highest BCUT2D eigenvalue weighted by Gasteiger charge is 2.12. The van der Waals surface area contributed by atoms with E-state index in [1.807, 2.05) is 0 Å². The lowest BCUT2D eigenvalue weighted by atomic mass is 10.1. The molecule has 1 aromatic heterocycles. The molecule has 5 heteroatoms. The summed E-state index contributed by atoms with van der Waals surface area (Å²) in [5, 5.41) is 8.82. The molecule has 0 aliphatic heterocycles. The van der Waals surface area contributed by atoms with Gasteiger partial charge in [-0.15, -0.1) is 0 Å². The third-order valence-corrected chi connectivity index (χ3v) is 2.60. The van der Waals surface area contributed by atoms with Gasteiger partial charge in [0.1, 0.15) is 11.4 Å². The number of carboxylic acid groups (broad SMARTS) is 1. The van der Waals surface area contributed by atoms with Gasteiger partial charge in [0, 0.05) is 0 Å². The first kappa shape index (κ1) is 12.0. The molecule has 0 aliphatic carbocycles. The van der Waals surface area contributed by atoms with Gasteiger partial charge >= 0.3 is 5.97 Å². The molecule has 0 amide bonds. The second-order valence-electron chi connectivity index (χ2n) is 3.88. The van der Waals surface area contributed by atoms with Crippen LogP contribution in [0.2, 0.25) is 0 Å². The van der Waals surface area contributed by atoms with E-state index >= 15 is 0 Å². The SMILES string of the molecule is Cc1cc(C(=O)O)c(=O)[nH]c1-c1ccc(F)cc1. The topological polar surface area (TPSA) is 70.2 Å². The van der Waals surface area contributed by atoms with Crippen molar-refractivity contribution >= 4 is 5.97 Å². The van der Waals surface area contributed by atoms with Crippen LogP contribution in [0.5, 0.6) is 0 Å². The van der Waals surface area contributed by atoms with Gasteiger partial charge in [0.2, 0.25) is 0 Å². The highest BCUT2D eigenvalue weighted by molar-refractivity contribution is 5.88. The summed E-state index contributed by atoms with van der Waals surface area (Å²) in [5.41, 5.74) is 0.748. The van der Waals surface area contributed by atoms with Crippen molar-refractivity contribution in [2.75, 3.05) is 0 Å². The van der Waals surface area contributed by atoms with Crippen molar-refractivity contribution in [1.29, 1.82) is 0 Å². The van der Waals surface area contributed by atoms with Crippen LogP contribution in [0.1, 0.15) is 15.9 Å². The van der Waals surface area contributed by atoms with Crippen LogP contribution in [-0.4, -0.2) is 16.1 Å². The first-order valence-electron chi connectivity index (χ1n) is 5.22. The lowest BCUT2D eigenvalue weighted by Crippen LogP contribution is -2.18. The van der Waals surface area contributed by atoms with Crippen molar-refractivity contribution in [1.82, 2.24) is 4.98 Å². The molecule has 0 atom stereocenters. The number of hydrogen-bond acceptors (Lipinski definition) is 2. The van der Waals surface area contributed by atoms with Gasteiger partial charge in [-0.05, 0) is 48.4 Å². The Hall–Kier alpha value is -2.43. The average Bonchev–Trinajstić information content (AvgIpc) is 2.32. The normalized spacial score (nSPS) is 10.3. The number of benzene rings is 1. The molecule has 0 fully saturated rings. The predicted octanol–water partition coefficient (Wildman–Crippen LogP) is 2.19. The van der Waals surface area contributed by atoms with Crippen LogP contribution in [0, 0.1) is 12.7 Å². The van der Waals surface area contributed by atoms with Crippen LogP contribution >= 0.6 is 0 Å². The molecule has 0 saturated carbocycles. The zero-order chi connectivity index (χ0) is 13.3. The predicted molar refractivity (Wildman–Crippen MR) is 64.2 cm³/mol. The molecular weight excluding hydrogens is 237 g/mol. The zero-order valence-corrected chi connectivity index (χ0v) is 9.53. The van der Waals surface area contributed by atoms with Crippen molar-refractivity contribution in [2.24, 2.45) is 0 Å². The minimum Gasteiger partial charge on any atom is -0.477 e. The number of carboxylic acids is 1. The number of aromatic amines is 1. The van der Waals surface area contributed by atoms with E-state index in [-0.39, 0.29) is 11.4 Å². The van der Waals surface area contributed by atoms with Gasteiger partial charge in [-0.2, -0.15) is 0 Å². The minimum absolute atomic E-state index is 0.307. The largest absolute Gasteiger partial charge is 0.477 e. The van der Waals surface area contributed by atoms with Crippen LogP contribution in [0.3, 0.4) is 0 Å². The fourth-order valence-corrected chi connectivity index (χ4v) is 1.71. The van der Waals surface area contributed by atoms with Gasteiger partial charge in [-0.25, -0.2) is 9.18 Å². The summed E-state index contributed by atoms with van der Waals surface area (Å²) in [6, 6.07) is 6.90. The summed E-state index contributed by atoms with van der Waals surface area (Å²) in [7, 11) is 0. The fraction of sp³-hybridized carbons (Fsp3) is 0.0769. The Labute approximate surface area is 102 Å². The van der Waals surface area contributed by atoms with E-state index in [1.54, 1.807) is 6.92 Å². The van der Waals surface area contributed by atoms with Crippen molar-refractivity contribution in [3.8, 4) is 11.3 Å². The second-order valence-corrected chi connectivity index (χ2v) is 3.88. The van der Waals surface area contributed by atoms with E-state index < -0.39 is 11.5 Å². The van der Waals surface area contributed by atoms with Gasteiger partial charge in [0.05, 0.1) is 5.69 Å². The van der Waals surface area contributed by atoms with Crippen molar-refractivity contribution in [3.63, 3.8) is 0 Å². The van der Waals surface area contributed by atoms with Crippen molar-refractivity contribution in [2.45, 2.75) is 6.92 Å². The van der Waals surface area contributed by atoms with Gasteiger partial charge in [-0.1, -0.05) is 0 Å². The number of aromatic carboxylic acids is 1. The smallest absolute Gasteiger partial charge is 0.341 e. The number of pyridine rings is 1. The average molecular weight is 247 g/mol. The summed E-state index contributed by atoms with van der Waals surface area (Å²) in [6.07, 6.45) is 0. The van der Waals surface area contributed by atoms with E-state index in [9.17, 15) is 14.0 Å². The summed E-state index contributed by atoms with van der Waals surface area (Å²) >= 11 is 0. The Balaban J connectivity index is 2.60. The molecule has 0 aliphatic rings. The molecule has 0 saturated heterocycles. The lowest BCUT2D eigenvalue weighted by molar-refractivity contribution is 0.0695. The van der Waals surface area contributed by atoms with Gasteiger partial charge in [0.15, 0.2) is 0 Å². The van der Waals surface area contributed by atoms with E-state index in [1.165, 1.54) is 30.3 Å². The number of carbonyl (C=O) groups is 1. The van der Waals surface area contributed by atoms with Gasteiger partial charge in [-0.3, -0.25) is 4.79 Å². The highest BCUT2D eigenvalue weighted by Crippen LogP contribution is 2.20. The summed E-state index contributed by atoms with van der Waals surface area (Å²) < 4.78 is 12.8. The van der Waals surface area contributed by atoms with E-state index in [4.69, 9.17) is 5.11 Å². The quantitative estimate of drug-likeness (QED) is 0.854. The Morgan fingerprint density at radius 2 is 1.89 bits per heavy atom. The molecule has 0 unspecified atom stereocenters. The summed E-state index contributed by atoms with van der Waals surface area (Å²) in [6.45, 7) is 1.68. The molecule has 4 nitrogen and oxygen atoms in total. The van der Waals surface area contributed by atoms with Crippen LogP contribution in [0.4, 0.5) is 4.39 Å². The highest BCUT2D eigenvalue weighted by atomic mass is 19.1. The Kier molecular flexibility index (Phi) is 2.97. The van der Waals surface area contributed by atoms with Crippen molar-refractivity contribution in [3.05, 3.63) is 57.6 Å². The molecular formula is C13H10FNO3. The number of aromatic nitrogens is 1. The Morgan fingerprint density at radius 1 is 1.28 bits per heavy atom. The van der Waals surface area contributed by atoms with Crippen LogP contribution in [-0.2, 0) is 0 Å². The molecule has 1 heterocycles. The van der Waals surface area contributed by atoms with Crippen LogP contribution in [0.15, 0.2) is 35.1 Å². The monoisotopic (exact) mass is 247 g/mol. The summed E-state index contributed by atoms with van der Waals surface area (Å²) in [4.78, 5) is 24.9. The standard InChI is InChI=1S/C13H10FNO3/c1-7-6-10(13(17)18)12(16)15-11(7)8-2-4-9(14)5-3-8/h2-6H,1H3,(H,15,16)(H,17,18). The first-order chi connectivity index (χ1) is 8.49. The molecule has 1 aromatic carbocycles. The molecule has 92 valence electrons. The fourth-order valence-electron chi connectivity index (χ4n) is 1.71. The molecule has 2 aromatic rings. The number of aryl methyl sites for hydroxylation is 1. The van der Waals surface area contributed by atoms with Gasteiger partial charge < -0.3 is 10.1 Å². The maximum Gasteiger partial charge on any atom is 0.341 e. The van der Waals surface area contributed by atoms with E-state index in [0.29, 0.717) is 16.8 Å². The number of hydrogen-bond donors (Lipinski definition) is 2. The first-order valence-corrected chi connectivity index (χ1v) is 5.22. The number of halogens is 1. The third kappa shape index (κ3) is 2.15. The van der Waals surface area contributed by atoms with Gasteiger partial charge in [0.25, 0.3) is 5.56 Å². The molecule has 18 heavy (non-hydrogen) atoms. The lowest BCUT2D eigenvalue weighted by Gasteiger charge is -2.06.